The molecule has 17 heavy (non-hydrogen) atoms. The lowest BCUT2D eigenvalue weighted by Gasteiger charge is -2.36. The predicted octanol–water partition coefficient (Wildman–Crippen LogP) is 1.47. The predicted molar refractivity (Wildman–Crippen MR) is 73.5 cm³/mol. The molecule has 1 heterocycles. The molecule has 0 aromatic heterocycles. The number of benzene rings is 1. The Bertz CT molecular complexity index is 343. The fourth-order valence-electron chi connectivity index (χ4n) is 2.45. The molecule has 1 saturated heterocycles. The van der Waals surface area contributed by atoms with Crippen LogP contribution in [0, 0.1) is 6.92 Å². The molecule has 0 spiro atoms. The summed E-state index contributed by atoms with van der Waals surface area (Å²) < 4.78 is 0. The molecule has 0 saturated carbocycles. The van der Waals surface area contributed by atoms with Crippen LogP contribution in [0.1, 0.15) is 12.0 Å². The summed E-state index contributed by atoms with van der Waals surface area (Å²) in [5, 5.41) is 0. The van der Waals surface area contributed by atoms with Crippen LogP contribution in [0.5, 0.6) is 0 Å². The van der Waals surface area contributed by atoms with Crippen LogP contribution in [-0.4, -0.2) is 44.2 Å². The Morgan fingerprint density at radius 1 is 1.12 bits per heavy atom. The van der Waals surface area contributed by atoms with Crippen LogP contribution in [0.25, 0.3) is 0 Å². The summed E-state index contributed by atoms with van der Waals surface area (Å²) in [4.78, 5) is 5.01. The van der Waals surface area contributed by atoms with Crippen LogP contribution in [-0.2, 0) is 0 Å². The first kappa shape index (κ1) is 12.4. The van der Waals surface area contributed by atoms with Crippen molar-refractivity contribution in [2.75, 3.05) is 44.2 Å². The minimum Gasteiger partial charge on any atom is -0.369 e. The molecule has 1 aliphatic rings. The van der Waals surface area contributed by atoms with Crippen molar-refractivity contribution in [2.45, 2.75) is 13.3 Å². The molecule has 0 unspecified atom stereocenters. The van der Waals surface area contributed by atoms with Crippen molar-refractivity contribution in [3.63, 3.8) is 0 Å². The van der Waals surface area contributed by atoms with Crippen molar-refractivity contribution >= 4 is 5.69 Å². The van der Waals surface area contributed by atoms with Gasteiger partial charge in [-0.2, -0.15) is 0 Å². The number of para-hydroxylation sites is 1. The Morgan fingerprint density at radius 3 is 2.47 bits per heavy atom. The van der Waals surface area contributed by atoms with Crippen molar-refractivity contribution < 1.29 is 0 Å². The molecule has 2 rings (SSSR count). The Morgan fingerprint density at radius 2 is 1.82 bits per heavy atom. The van der Waals surface area contributed by atoms with Gasteiger partial charge in [-0.3, -0.25) is 4.90 Å². The maximum Gasteiger partial charge on any atom is 0.0396 e. The van der Waals surface area contributed by atoms with E-state index in [1.54, 1.807) is 0 Å². The van der Waals surface area contributed by atoms with Crippen molar-refractivity contribution in [1.82, 2.24) is 4.90 Å². The van der Waals surface area contributed by atoms with Crippen LogP contribution in [0.4, 0.5) is 5.69 Å². The third kappa shape index (κ3) is 3.20. The lowest BCUT2D eigenvalue weighted by Crippen LogP contribution is -2.47. The third-order valence-corrected chi connectivity index (χ3v) is 3.51. The molecule has 2 N–H and O–H groups in total. The van der Waals surface area contributed by atoms with E-state index in [1.165, 1.54) is 11.3 Å². The molecule has 0 amide bonds. The second-order valence-electron chi connectivity index (χ2n) is 4.76. The normalized spacial score (nSPS) is 17.4. The lowest BCUT2D eigenvalue weighted by atomic mass is 10.1. The summed E-state index contributed by atoms with van der Waals surface area (Å²) in [7, 11) is 0. The summed E-state index contributed by atoms with van der Waals surface area (Å²) in [5.74, 6) is 0. The molecule has 94 valence electrons. The first-order valence-corrected chi connectivity index (χ1v) is 6.54. The number of nitrogens with two attached hydrogens (primary N) is 1. The quantitative estimate of drug-likeness (QED) is 0.854. The lowest BCUT2D eigenvalue weighted by molar-refractivity contribution is 0.256. The fourth-order valence-corrected chi connectivity index (χ4v) is 2.45. The van der Waals surface area contributed by atoms with E-state index >= 15 is 0 Å². The maximum atomic E-state index is 5.55. The number of hydrogen-bond acceptors (Lipinski definition) is 3. The molecule has 1 aliphatic heterocycles. The van der Waals surface area contributed by atoms with E-state index in [1.807, 2.05) is 0 Å². The van der Waals surface area contributed by atoms with Gasteiger partial charge < -0.3 is 10.6 Å². The van der Waals surface area contributed by atoms with Crippen molar-refractivity contribution in [3.05, 3.63) is 29.8 Å². The second-order valence-corrected chi connectivity index (χ2v) is 4.76. The first-order valence-electron chi connectivity index (χ1n) is 6.54. The molecule has 0 aliphatic carbocycles. The Hall–Kier alpha value is -1.06. The van der Waals surface area contributed by atoms with E-state index in [2.05, 4.69) is 41.0 Å². The third-order valence-electron chi connectivity index (χ3n) is 3.51. The van der Waals surface area contributed by atoms with Gasteiger partial charge >= 0.3 is 0 Å². The van der Waals surface area contributed by atoms with Crippen LogP contribution in [0.15, 0.2) is 24.3 Å². The van der Waals surface area contributed by atoms with Gasteiger partial charge in [0.15, 0.2) is 0 Å². The highest BCUT2D eigenvalue weighted by atomic mass is 15.3. The number of hydrogen-bond donors (Lipinski definition) is 1. The molecule has 0 atom stereocenters. The molecule has 0 bridgehead atoms. The minimum atomic E-state index is 0.804. The number of aryl methyl sites for hydroxylation is 1. The molecule has 0 radical (unpaired) electrons. The summed E-state index contributed by atoms with van der Waals surface area (Å²) in [6.45, 7) is 8.74. The maximum absolute atomic E-state index is 5.55. The standard InChI is InChI=1S/C14H23N3/c1-13-5-2-3-6-14(13)17-11-9-16(10-12-17)8-4-7-15/h2-3,5-6H,4,7-12,15H2,1H3. The van der Waals surface area contributed by atoms with E-state index in [0.29, 0.717) is 0 Å². The monoisotopic (exact) mass is 233 g/mol. The highest BCUT2D eigenvalue weighted by Gasteiger charge is 2.17. The van der Waals surface area contributed by atoms with Gasteiger partial charge in [0.1, 0.15) is 0 Å². The van der Waals surface area contributed by atoms with Crippen molar-refractivity contribution in [3.8, 4) is 0 Å². The van der Waals surface area contributed by atoms with E-state index in [-0.39, 0.29) is 0 Å². The summed E-state index contributed by atoms with van der Waals surface area (Å²) in [5.41, 5.74) is 8.32. The molecular formula is C14H23N3. The SMILES string of the molecule is Cc1ccccc1N1CCN(CCCN)CC1. The zero-order valence-corrected chi connectivity index (χ0v) is 10.7. The van der Waals surface area contributed by atoms with Crippen LogP contribution >= 0.6 is 0 Å². The molecule has 1 aromatic carbocycles. The number of nitrogens with zero attached hydrogens (tertiary/aromatic N) is 2. The van der Waals surface area contributed by atoms with Crippen LogP contribution < -0.4 is 10.6 Å². The topological polar surface area (TPSA) is 32.5 Å². The van der Waals surface area contributed by atoms with Gasteiger partial charge in [0.2, 0.25) is 0 Å². The van der Waals surface area contributed by atoms with Crippen LogP contribution in [0.3, 0.4) is 0 Å². The highest BCUT2D eigenvalue weighted by Crippen LogP contribution is 2.20. The molecule has 1 aromatic rings. The summed E-state index contributed by atoms with van der Waals surface area (Å²) in [6.07, 6.45) is 1.12. The summed E-state index contributed by atoms with van der Waals surface area (Å²) >= 11 is 0. The van der Waals surface area contributed by atoms with Gasteiger partial charge in [-0.15, -0.1) is 0 Å². The van der Waals surface area contributed by atoms with E-state index in [9.17, 15) is 0 Å². The molecule has 3 nitrogen and oxygen atoms in total. The largest absolute Gasteiger partial charge is 0.369 e. The van der Waals surface area contributed by atoms with Gasteiger partial charge in [-0.25, -0.2) is 0 Å². The van der Waals surface area contributed by atoms with Gasteiger partial charge in [-0.05, 0) is 38.1 Å². The average Bonchev–Trinajstić information content (AvgIpc) is 2.38. The van der Waals surface area contributed by atoms with E-state index in [0.717, 1.165) is 45.7 Å². The number of anilines is 1. The Labute approximate surface area is 104 Å². The molecule has 3 heteroatoms. The Kier molecular flexibility index (Phi) is 4.40. The average molecular weight is 233 g/mol. The molecular weight excluding hydrogens is 210 g/mol. The number of piperazine rings is 1. The van der Waals surface area contributed by atoms with Gasteiger partial charge in [0.25, 0.3) is 0 Å². The van der Waals surface area contributed by atoms with E-state index < -0.39 is 0 Å². The highest BCUT2D eigenvalue weighted by molar-refractivity contribution is 5.53. The van der Waals surface area contributed by atoms with Gasteiger partial charge in [0.05, 0.1) is 0 Å². The zero-order valence-electron chi connectivity index (χ0n) is 10.7. The van der Waals surface area contributed by atoms with E-state index in [4.69, 9.17) is 5.73 Å². The van der Waals surface area contributed by atoms with Gasteiger partial charge in [-0.1, -0.05) is 18.2 Å². The molecule has 1 fully saturated rings. The summed E-state index contributed by atoms with van der Waals surface area (Å²) in [6, 6.07) is 8.65. The fraction of sp³-hybridized carbons (Fsp3) is 0.571. The zero-order chi connectivity index (χ0) is 12.1. The first-order chi connectivity index (χ1) is 8.31. The smallest absolute Gasteiger partial charge is 0.0396 e. The van der Waals surface area contributed by atoms with Crippen molar-refractivity contribution in [1.29, 1.82) is 0 Å². The van der Waals surface area contributed by atoms with Gasteiger partial charge in [0, 0.05) is 31.9 Å². The van der Waals surface area contributed by atoms with Crippen LogP contribution in [0.2, 0.25) is 0 Å². The number of rotatable bonds is 4. The minimum absolute atomic E-state index is 0.804. The second kappa shape index (κ2) is 6.03. The van der Waals surface area contributed by atoms with Crippen molar-refractivity contribution in [2.24, 2.45) is 5.73 Å². The Balaban J connectivity index is 1.89.